The minimum absolute atomic E-state index is 0.0272. The fourth-order valence-corrected chi connectivity index (χ4v) is 3.99. The van der Waals surface area contributed by atoms with Crippen molar-refractivity contribution in [3.05, 3.63) is 70.5 Å². The van der Waals surface area contributed by atoms with Crippen LogP contribution in [0.5, 0.6) is 5.75 Å². The Labute approximate surface area is 164 Å². The minimum atomic E-state index is -0.441. The Hall–Kier alpha value is -3.52. The molecule has 0 atom stereocenters. The summed E-state index contributed by atoms with van der Waals surface area (Å²) in [5, 5.41) is 15.2. The van der Waals surface area contributed by atoms with Crippen LogP contribution < -0.4 is 10.1 Å². The summed E-state index contributed by atoms with van der Waals surface area (Å²) in [6, 6.07) is 16.5. The Morgan fingerprint density at radius 3 is 2.61 bits per heavy atom. The number of aryl methyl sites for hydroxylation is 1. The molecule has 4 rings (SSSR count). The molecule has 2 aromatic carbocycles. The highest BCUT2D eigenvalue weighted by Gasteiger charge is 2.16. The van der Waals surface area contributed by atoms with E-state index in [0.29, 0.717) is 23.1 Å². The zero-order valence-electron chi connectivity index (χ0n) is 15.2. The molecule has 8 heteroatoms. The monoisotopic (exact) mass is 392 g/mol. The van der Waals surface area contributed by atoms with Gasteiger partial charge in [-0.2, -0.15) is 0 Å². The van der Waals surface area contributed by atoms with E-state index in [-0.39, 0.29) is 5.69 Å². The van der Waals surface area contributed by atoms with Crippen LogP contribution in [0.25, 0.3) is 20.7 Å². The average molecular weight is 392 g/mol. The third kappa shape index (κ3) is 3.37. The molecule has 1 N–H and O–H groups in total. The molecular weight excluding hydrogens is 376 g/mol. The quantitative estimate of drug-likeness (QED) is 0.365. The van der Waals surface area contributed by atoms with Gasteiger partial charge in [-0.3, -0.25) is 10.1 Å². The van der Waals surface area contributed by atoms with Crippen molar-refractivity contribution in [3.63, 3.8) is 0 Å². The van der Waals surface area contributed by atoms with Gasteiger partial charge in [0, 0.05) is 17.0 Å². The highest BCUT2D eigenvalue weighted by Crippen LogP contribution is 2.38. The summed E-state index contributed by atoms with van der Waals surface area (Å²) >= 11 is 1.58. The number of ether oxygens (including phenoxy) is 1. The van der Waals surface area contributed by atoms with Crippen LogP contribution in [0.1, 0.15) is 5.82 Å². The fourth-order valence-electron chi connectivity index (χ4n) is 2.90. The first-order valence-electron chi connectivity index (χ1n) is 8.48. The molecular formula is C20H16N4O3S. The first kappa shape index (κ1) is 17.9. The summed E-state index contributed by atoms with van der Waals surface area (Å²) < 4.78 is 5.34. The van der Waals surface area contributed by atoms with Crippen molar-refractivity contribution < 1.29 is 9.66 Å². The molecule has 28 heavy (non-hydrogen) atoms. The molecule has 0 unspecified atom stereocenters. The summed E-state index contributed by atoms with van der Waals surface area (Å²) in [4.78, 5) is 21.7. The first-order chi connectivity index (χ1) is 13.5. The highest BCUT2D eigenvalue weighted by atomic mass is 32.1. The molecule has 0 radical (unpaired) electrons. The Morgan fingerprint density at radius 2 is 1.89 bits per heavy atom. The van der Waals surface area contributed by atoms with Crippen LogP contribution in [0.4, 0.5) is 17.2 Å². The summed E-state index contributed by atoms with van der Waals surface area (Å²) in [6.07, 6.45) is 0. The lowest BCUT2D eigenvalue weighted by atomic mass is 10.2. The maximum atomic E-state index is 11.1. The number of hydrogen-bond donors (Lipinski definition) is 1. The van der Waals surface area contributed by atoms with E-state index in [1.807, 2.05) is 43.3 Å². The third-order valence-electron chi connectivity index (χ3n) is 4.21. The fraction of sp³-hybridized carbons (Fsp3) is 0.100. The molecule has 0 aliphatic rings. The van der Waals surface area contributed by atoms with Crippen molar-refractivity contribution in [1.29, 1.82) is 0 Å². The second kappa shape index (κ2) is 7.24. The van der Waals surface area contributed by atoms with Crippen LogP contribution >= 0.6 is 11.3 Å². The van der Waals surface area contributed by atoms with Crippen molar-refractivity contribution in [3.8, 4) is 16.2 Å². The van der Waals surface area contributed by atoms with E-state index in [2.05, 4.69) is 15.3 Å². The molecule has 0 spiro atoms. The van der Waals surface area contributed by atoms with Crippen molar-refractivity contribution in [2.24, 2.45) is 0 Å². The van der Waals surface area contributed by atoms with E-state index in [0.717, 1.165) is 20.7 Å². The van der Waals surface area contributed by atoms with Gasteiger partial charge in [-0.1, -0.05) is 30.3 Å². The van der Waals surface area contributed by atoms with Gasteiger partial charge < -0.3 is 10.1 Å². The Kier molecular flexibility index (Phi) is 4.62. The topological polar surface area (TPSA) is 90.2 Å². The molecule has 2 aromatic heterocycles. The smallest absolute Gasteiger partial charge is 0.271 e. The molecule has 2 heterocycles. The molecule has 0 saturated carbocycles. The van der Waals surface area contributed by atoms with Crippen molar-refractivity contribution in [2.75, 3.05) is 12.4 Å². The summed E-state index contributed by atoms with van der Waals surface area (Å²) in [5.74, 6) is 1.69. The van der Waals surface area contributed by atoms with E-state index < -0.39 is 4.92 Å². The van der Waals surface area contributed by atoms with E-state index in [1.165, 1.54) is 19.2 Å². The second-order valence-corrected chi connectivity index (χ2v) is 7.11. The van der Waals surface area contributed by atoms with Gasteiger partial charge in [-0.05, 0) is 24.6 Å². The molecule has 4 aromatic rings. The second-order valence-electron chi connectivity index (χ2n) is 6.08. The highest BCUT2D eigenvalue weighted by molar-refractivity contribution is 7.21. The molecule has 140 valence electrons. The van der Waals surface area contributed by atoms with E-state index in [1.54, 1.807) is 17.4 Å². The van der Waals surface area contributed by atoms with Gasteiger partial charge in [-0.15, -0.1) is 11.3 Å². The third-order valence-corrected chi connectivity index (χ3v) is 5.29. The maximum absolute atomic E-state index is 11.1. The van der Waals surface area contributed by atoms with Crippen LogP contribution in [0, 0.1) is 17.0 Å². The predicted octanol–water partition coefficient (Wildman–Crippen LogP) is 5.33. The lowest BCUT2D eigenvalue weighted by Gasteiger charge is -2.11. The summed E-state index contributed by atoms with van der Waals surface area (Å²) in [6.45, 7) is 1.82. The zero-order valence-corrected chi connectivity index (χ0v) is 16.0. The number of non-ortho nitro benzene ring substituents is 1. The normalized spacial score (nSPS) is 10.8. The standard InChI is InChI=1S/C20H16N4O3S/c1-12-21-19(23-16-10-14(24(25)26)8-9-17(16)27-2)15-11-18(28-20(15)22-12)13-6-4-3-5-7-13/h3-11H,1-2H3,(H,21,22,23). The lowest BCUT2D eigenvalue weighted by molar-refractivity contribution is -0.384. The van der Waals surface area contributed by atoms with E-state index in [9.17, 15) is 10.1 Å². The van der Waals surface area contributed by atoms with Gasteiger partial charge in [0.15, 0.2) is 0 Å². The Balaban J connectivity index is 1.82. The van der Waals surface area contributed by atoms with Crippen LogP contribution in [-0.4, -0.2) is 22.0 Å². The van der Waals surface area contributed by atoms with Crippen LogP contribution in [-0.2, 0) is 0 Å². The van der Waals surface area contributed by atoms with Crippen LogP contribution in [0.15, 0.2) is 54.6 Å². The number of fused-ring (bicyclic) bond motifs is 1. The van der Waals surface area contributed by atoms with Crippen molar-refractivity contribution in [1.82, 2.24) is 9.97 Å². The van der Waals surface area contributed by atoms with Crippen LogP contribution in [0.3, 0.4) is 0 Å². The molecule has 0 aliphatic heterocycles. The minimum Gasteiger partial charge on any atom is -0.495 e. The van der Waals surface area contributed by atoms with Gasteiger partial charge in [0.2, 0.25) is 0 Å². The number of anilines is 2. The average Bonchev–Trinajstić information content (AvgIpc) is 3.12. The lowest BCUT2D eigenvalue weighted by Crippen LogP contribution is -2.00. The SMILES string of the molecule is COc1ccc([N+](=O)[O-])cc1Nc1nc(C)nc2sc(-c3ccccc3)cc12. The van der Waals surface area contributed by atoms with E-state index >= 15 is 0 Å². The number of aromatic nitrogens is 2. The number of nitrogens with zero attached hydrogens (tertiary/aromatic N) is 3. The summed E-state index contributed by atoms with van der Waals surface area (Å²) in [5.41, 5.74) is 1.55. The molecule has 0 fully saturated rings. The first-order valence-corrected chi connectivity index (χ1v) is 9.30. The molecule has 7 nitrogen and oxygen atoms in total. The number of nitro groups is 1. The van der Waals surface area contributed by atoms with Gasteiger partial charge in [0.1, 0.15) is 22.2 Å². The number of nitrogens with one attached hydrogen (secondary N) is 1. The Bertz CT molecular complexity index is 1180. The molecule has 0 aliphatic carbocycles. The zero-order chi connectivity index (χ0) is 19.7. The molecule has 0 bridgehead atoms. The van der Waals surface area contributed by atoms with E-state index in [4.69, 9.17) is 4.74 Å². The number of nitro benzene ring substituents is 1. The van der Waals surface area contributed by atoms with Gasteiger partial charge in [0.25, 0.3) is 5.69 Å². The number of hydrogen-bond acceptors (Lipinski definition) is 7. The molecule has 0 amide bonds. The maximum Gasteiger partial charge on any atom is 0.271 e. The number of benzene rings is 2. The van der Waals surface area contributed by atoms with Crippen molar-refractivity contribution in [2.45, 2.75) is 6.92 Å². The number of methoxy groups -OCH3 is 1. The molecule has 0 saturated heterocycles. The van der Waals surface area contributed by atoms with Gasteiger partial charge >= 0.3 is 0 Å². The van der Waals surface area contributed by atoms with Crippen molar-refractivity contribution >= 4 is 38.7 Å². The van der Waals surface area contributed by atoms with Crippen LogP contribution in [0.2, 0.25) is 0 Å². The van der Waals surface area contributed by atoms with Gasteiger partial charge in [0.05, 0.1) is 23.1 Å². The predicted molar refractivity (Wildman–Crippen MR) is 111 cm³/mol. The number of rotatable bonds is 5. The number of thiophene rings is 1. The van der Waals surface area contributed by atoms with Gasteiger partial charge in [-0.25, -0.2) is 9.97 Å². The Morgan fingerprint density at radius 1 is 1.11 bits per heavy atom. The summed E-state index contributed by atoms with van der Waals surface area (Å²) in [7, 11) is 1.52. The largest absolute Gasteiger partial charge is 0.495 e.